The molecule has 2 aromatic rings. The Bertz CT molecular complexity index is 503. The normalized spacial score (nSPS) is 13.5. The maximum atomic E-state index is 2.33. The van der Waals surface area contributed by atoms with Crippen LogP contribution in [0.5, 0.6) is 0 Å². The standard InChI is InChI=1S/C15H15BSe/c1-11(2)16-12-7-3-5-9-14(12)17-15-10-6-4-8-13(15)16/h3-11H,1-2H3. The second-order valence-electron chi connectivity index (χ2n) is 4.90. The third-order valence-electron chi connectivity index (χ3n) is 3.39. The van der Waals surface area contributed by atoms with Crippen LogP contribution >= 0.6 is 0 Å². The summed E-state index contributed by atoms with van der Waals surface area (Å²) >= 11 is 0.485. The van der Waals surface area contributed by atoms with Gasteiger partial charge in [-0.15, -0.1) is 0 Å². The number of rotatable bonds is 1. The molecule has 0 fully saturated rings. The monoisotopic (exact) mass is 286 g/mol. The fourth-order valence-corrected chi connectivity index (χ4v) is 5.09. The Morgan fingerprint density at radius 2 is 1.29 bits per heavy atom. The van der Waals surface area contributed by atoms with Crippen molar-refractivity contribution in [1.82, 2.24) is 0 Å². The number of hydrogen-bond donors (Lipinski definition) is 0. The summed E-state index contributed by atoms with van der Waals surface area (Å²) in [5, 5.41) is 0. The molecule has 0 saturated carbocycles. The fourth-order valence-electron chi connectivity index (χ4n) is 2.67. The summed E-state index contributed by atoms with van der Waals surface area (Å²) in [6.45, 7) is 5.24. The first-order valence-electron chi connectivity index (χ1n) is 6.13. The SMILES string of the molecule is CC(C)B1c2ccccc2[Se]c2ccccc21. The van der Waals surface area contributed by atoms with Gasteiger partial charge in [0.1, 0.15) is 0 Å². The van der Waals surface area contributed by atoms with E-state index in [0.29, 0.717) is 27.5 Å². The van der Waals surface area contributed by atoms with Crippen molar-refractivity contribution in [1.29, 1.82) is 0 Å². The van der Waals surface area contributed by atoms with E-state index in [9.17, 15) is 0 Å². The zero-order valence-electron chi connectivity index (χ0n) is 10.2. The first-order chi connectivity index (χ1) is 8.27. The van der Waals surface area contributed by atoms with E-state index < -0.39 is 0 Å². The van der Waals surface area contributed by atoms with Crippen molar-refractivity contribution in [3.63, 3.8) is 0 Å². The van der Waals surface area contributed by atoms with Crippen molar-refractivity contribution in [2.24, 2.45) is 0 Å². The Hall–Kier alpha value is -0.976. The molecule has 3 rings (SSSR count). The van der Waals surface area contributed by atoms with E-state index in [2.05, 4.69) is 62.4 Å². The van der Waals surface area contributed by atoms with Crippen molar-refractivity contribution >= 4 is 41.5 Å². The summed E-state index contributed by atoms with van der Waals surface area (Å²) in [6.07, 6.45) is 0. The minimum atomic E-state index is 0.485. The van der Waals surface area contributed by atoms with Crippen LogP contribution in [0.15, 0.2) is 48.5 Å². The molecule has 0 nitrogen and oxygen atoms in total. The van der Waals surface area contributed by atoms with Crippen molar-refractivity contribution < 1.29 is 0 Å². The number of hydrogen-bond acceptors (Lipinski definition) is 0. The molecule has 84 valence electrons. The van der Waals surface area contributed by atoms with E-state index in [4.69, 9.17) is 0 Å². The molecular weight excluding hydrogens is 270 g/mol. The van der Waals surface area contributed by atoms with E-state index in [1.807, 2.05) is 0 Å². The van der Waals surface area contributed by atoms with E-state index in [0.717, 1.165) is 0 Å². The molecule has 0 spiro atoms. The van der Waals surface area contributed by atoms with Crippen LogP contribution in [0, 0.1) is 0 Å². The molecule has 0 bridgehead atoms. The zero-order valence-corrected chi connectivity index (χ0v) is 11.9. The van der Waals surface area contributed by atoms with Gasteiger partial charge in [0, 0.05) is 0 Å². The molecule has 1 aliphatic rings. The van der Waals surface area contributed by atoms with E-state index in [1.54, 1.807) is 19.8 Å². The predicted molar refractivity (Wildman–Crippen MR) is 78.0 cm³/mol. The second kappa shape index (κ2) is 4.36. The molecule has 17 heavy (non-hydrogen) atoms. The predicted octanol–water partition coefficient (Wildman–Crippen LogP) is 0.674. The van der Waals surface area contributed by atoms with Crippen LogP contribution in [-0.4, -0.2) is 21.7 Å². The minimum absolute atomic E-state index is 0.485. The summed E-state index contributed by atoms with van der Waals surface area (Å²) in [5.74, 6) is 0.661. The van der Waals surface area contributed by atoms with E-state index in [1.165, 1.54) is 0 Å². The third-order valence-corrected chi connectivity index (χ3v) is 5.88. The summed E-state index contributed by atoms with van der Waals surface area (Å²) in [7, 11) is 0. The first-order valence-corrected chi connectivity index (χ1v) is 7.84. The maximum absolute atomic E-state index is 2.33. The van der Waals surface area contributed by atoms with Gasteiger partial charge in [-0.2, -0.15) is 0 Å². The summed E-state index contributed by atoms with van der Waals surface area (Å²) in [5.41, 5.74) is 3.11. The van der Waals surface area contributed by atoms with Gasteiger partial charge < -0.3 is 0 Å². The van der Waals surface area contributed by atoms with Gasteiger partial charge in [-0.1, -0.05) is 0 Å². The Morgan fingerprint density at radius 3 is 1.76 bits per heavy atom. The Balaban J connectivity index is 2.21. The van der Waals surface area contributed by atoms with Crippen LogP contribution in [0.3, 0.4) is 0 Å². The molecule has 0 aliphatic carbocycles. The first kappa shape index (κ1) is 11.1. The van der Waals surface area contributed by atoms with E-state index in [-0.39, 0.29) is 0 Å². The van der Waals surface area contributed by atoms with Gasteiger partial charge in [0.2, 0.25) is 0 Å². The number of fused-ring (bicyclic) bond motifs is 2. The van der Waals surface area contributed by atoms with Crippen molar-refractivity contribution in [2.45, 2.75) is 19.7 Å². The molecule has 0 aromatic heterocycles. The topological polar surface area (TPSA) is 0 Å². The van der Waals surface area contributed by atoms with Crippen molar-refractivity contribution in [3.05, 3.63) is 48.5 Å². The summed E-state index contributed by atoms with van der Waals surface area (Å²) in [4.78, 5) is 0. The molecule has 0 amide bonds. The molecule has 0 radical (unpaired) electrons. The quantitative estimate of drug-likeness (QED) is 0.676. The fraction of sp³-hybridized carbons (Fsp3) is 0.200. The van der Waals surface area contributed by atoms with Crippen LogP contribution in [0.4, 0.5) is 0 Å². The molecule has 0 atom stereocenters. The van der Waals surface area contributed by atoms with Gasteiger partial charge in [-0.3, -0.25) is 0 Å². The van der Waals surface area contributed by atoms with Gasteiger partial charge in [0.15, 0.2) is 0 Å². The average Bonchev–Trinajstić information content (AvgIpc) is 2.35. The van der Waals surface area contributed by atoms with Crippen LogP contribution in [0.25, 0.3) is 0 Å². The second-order valence-corrected chi connectivity index (χ2v) is 7.17. The molecule has 2 aromatic carbocycles. The van der Waals surface area contributed by atoms with Crippen LogP contribution in [0.1, 0.15) is 13.8 Å². The van der Waals surface area contributed by atoms with Gasteiger partial charge in [0.25, 0.3) is 0 Å². The molecule has 2 heteroatoms. The van der Waals surface area contributed by atoms with Gasteiger partial charge in [-0.05, 0) is 0 Å². The van der Waals surface area contributed by atoms with Crippen molar-refractivity contribution in [3.8, 4) is 0 Å². The Kier molecular flexibility index (Phi) is 2.86. The summed E-state index contributed by atoms with van der Waals surface area (Å²) < 4.78 is 3.13. The molecule has 0 N–H and O–H groups in total. The number of benzene rings is 2. The average molecular weight is 285 g/mol. The van der Waals surface area contributed by atoms with E-state index >= 15 is 0 Å². The van der Waals surface area contributed by atoms with Gasteiger partial charge >= 0.3 is 110 Å². The Labute approximate surface area is 110 Å². The van der Waals surface area contributed by atoms with Gasteiger partial charge in [0.05, 0.1) is 0 Å². The van der Waals surface area contributed by atoms with Crippen molar-refractivity contribution in [2.75, 3.05) is 0 Å². The van der Waals surface area contributed by atoms with Crippen LogP contribution in [-0.2, 0) is 0 Å². The van der Waals surface area contributed by atoms with Crippen LogP contribution in [0.2, 0.25) is 5.82 Å². The molecule has 0 unspecified atom stereocenters. The molecule has 1 aliphatic heterocycles. The summed E-state index contributed by atoms with van der Waals surface area (Å²) in [6, 6.07) is 17.9. The molecule has 0 saturated heterocycles. The van der Waals surface area contributed by atoms with Gasteiger partial charge in [-0.25, -0.2) is 0 Å². The Morgan fingerprint density at radius 1 is 0.824 bits per heavy atom. The molecule has 1 heterocycles. The van der Waals surface area contributed by atoms with Crippen LogP contribution < -0.4 is 19.8 Å². The zero-order chi connectivity index (χ0) is 11.8. The molecular formula is C15H15BSe. The third kappa shape index (κ3) is 1.86.